The molecule has 100 valence electrons. The Labute approximate surface area is 126 Å². The molecular weight excluding hydrogens is 312 g/mol. The summed E-state index contributed by atoms with van der Waals surface area (Å²) in [5, 5.41) is 2.32. The fraction of sp³-hybridized carbons (Fsp3) is 0.118. The van der Waals surface area contributed by atoms with Gasteiger partial charge in [-0.15, -0.1) is 0 Å². The molecule has 2 nitrogen and oxygen atoms in total. The second kappa shape index (κ2) is 5.73. The van der Waals surface area contributed by atoms with E-state index in [0.717, 1.165) is 21.8 Å². The fourth-order valence-electron chi connectivity index (χ4n) is 2.49. The first-order valence-corrected chi connectivity index (χ1v) is 7.36. The predicted octanol–water partition coefficient (Wildman–Crippen LogP) is 4.24. The minimum Gasteiger partial charge on any atom is -0.324 e. The number of hydrogen-bond acceptors (Lipinski definition) is 2. The number of nitrogens with two attached hydrogens (primary N) is 1. The maximum Gasteiger partial charge on any atom is 0.0349 e. The lowest BCUT2D eigenvalue weighted by molar-refractivity contribution is 0.727. The van der Waals surface area contributed by atoms with E-state index in [1.54, 1.807) is 0 Å². The third kappa shape index (κ3) is 2.74. The SMILES string of the molecule is NC(Cc1cccc(Br)c1)c1cccc2ccncc12. The van der Waals surface area contributed by atoms with E-state index in [1.165, 1.54) is 10.9 Å². The van der Waals surface area contributed by atoms with Crippen molar-refractivity contribution in [3.05, 3.63) is 76.5 Å². The van der Waals surface area contributed by atoms with Gasteiger partial charge in [0.15, 0.2) is 0 Å². The van der Waals surface area contributed by atoms with Crippen LogP contribution in [0.3, 0.4) is 0 Å². The van der Waals surface area contributed by atoms with E-state index in [0.29, 0.717) is 0 Å². The molecule has 0 amide bonds. The Morgan fingerprint density at radius 1 is 1.10 bits per heavy atom. The number of pyridine rings is 1. The van der Waals surface area contributed by atoms with Crippen LogP contribution in [-0.2, 0) is 6.42 Å². The van der Waals surface area contributed by atoms with Crippen molar-refractivity contribution in [3.8, 4) is 0 Å². The molecule has 0 spiro atoms. The average Bonchev–Trinajstić information content (AvgIpc) is 2.46. The second-order valence-corrected chi connectivity index (χ2v) is 5.80. The summed E-state index contributed by atoms with van der Waals surface area (Å²) in [7, 11) is 0. The third-order valence-electron chi connectivity index (χ3n) is 3.46. The van der Waals surface area contributed by atoms with Gasteiger partial charge >= 0.3 is 0 Å². The monoisotopic (exact) mass is 326 g/mol. The summed E-state index contributed by atoms with van der Waals surface area (Å²) in [4.78, 5) is 4.21. The van der Waals surface area contributed by atoms with Gasteiger partial charge in [-0.3, -0.25) is 4.98 Å². The molecule has 0 saturated heterocycles. The van der Waals surface area contributed by atoms with Crippen LogP contribution < -0.4 is 5.73 Å². The highest BCUT2D eigenvalue weighted by molar-refractivity contribution is 9.10. The van der Waals surface area contributed by atoms with Crippen LogP contribution in [0.2, 0.25) is 0 Å². The van der Waals surface area contributed by atoms with Gasteiger partial charge in [0.05, 0.1) is 0 Å². The summed E-state index contributed by atoms with van der Waals surface area (Å²) in [6.07, 6.45) is 4.52. The molecule has 2 N–H and O–H groups in total. The van der Waals surface area contributed by atoms with Gasteiger partial charge < -0.3 is 5.73 Å². The van der Waals surface area contributed by atoms with Gasteiger partial charge in [-0.05, 0) is 41.1 Å². The maximum atomic E-state index is 6.40. The molecule has 3 rings (SSSR count). The van der Waals surface area contributed by atoms with Crippen molar-refractivity contribution in [2.45, 2.75) is 12.5 Å². The first-order chi connectivity index (χ1) is 9.74. The van der Waals surface area contributed by atoms with Crippen LogP contribution in [0.25, 0.3) is 10.8 Å². The molecule has 20 heavy (non-hydrogen) atoms. The van der Waals surface area contributed by atoms with Crippen LogP contribution in [-0.4, -0.2) is 4.98 Å². The molecule has 0 saturated carbocycles. The fourth-order valence-corrected chi connectivity index (χ4v) is 2.93. The largest absolute Gasteiger partial charge is 0.324 e. The minimum atomic E-state index is -0.0304. The minimum absolute atomic E-state index is 0.0304. The van der Waals surface area contributed by atoms with Crippen molar-refractivity contribution in [2.75, 3.05) is 0 Å². The second-order valence-electron chi connectivity index (χ2n) is 4.88. The van der Waals surface area contributed by atoms with Crippen LogP contribution in [0.1, 0.15) is 17.2 Å². The normalized spacial score (nSPS) is 12.5. The smallest absolute Gasteiger partial charge is 0.0349 e. The lowest BCUT2D eigenvalue weighted by Gasteiger charge is -2.15. The highest BCUT2D eigenvalue weighted by Gasteiger charge is 2.10. The molecule has 3 aromatic rings. The lowest BCUT2D eigenvalue weighted by Crippen LogP contribution is -2.13. The first kappa shape index (κ1) is 13.3. The molecule has 2 aromatic carbocycles. The Balaban J connectivity index is 1.94. The van der Waals surface area contributed by atoms with E-state index >= 15 is 0 Å². The lowest BCUT2D eigenvalue weighted by atomic mass is 9.96. The molecule has 0 radical (unpaired) electrons. The molecule has 0 aliphatic heterocycles. The van der Waals surface area contributed by atoms with Crippen LogP contribution in [0.5, 0.6) is 0 Å². The zero-order chi connectivity index (χ0) is 13.9. The van der Waals surface area contributed by atoms with Crippen LogP contribution in [0.15, 0.2) is 65.4 Å². The number of hydrogen-bond donors (Lipinski definition) is 1. The molecule has 1 aromatic heterocycles. The standard InChI is InChI=1S/C17H15BrN2/c18-14-5-1-3-12(9-14)10-17(19)15-6-2-4-13-7-8-20-11-16(13)15/h1-9,11,17H,10,19H2. The van der Waals surface area contributed by atoms with Gasteiger partial charge in [-0.25, -0.2) is 0 Å². The van der Waals surface area contributed by atoms with Crippen molar-refractivity contribution >= 4 is 26.7 Å². The van der Waals surface area contributed by atoms with Crippen molar-refractivity contribution in [1.29, 1.82) is 0 Å². The van der Waals surface area contributed by atoms with Gasteiger partial charge in [0.1, 0.15) is 0 Å². The van der Waals surface area contributed by atoms with Gasteiger partial charge in [0.2, 0.25) is 0 Å². The molecule has 1 atom stereocenters. The Morgan fingerprint density at radius 2 is 1.95 bits per heavy atom. The Kier molecular flexibility index (Phi) is 3.81. The summed E-state index contributed by atoms with van der Waals surface area (Å²) in [5.41, 5.74) is 8.78. The summed E-state index contributed by atoms with van der Waals surface area (Å²) >= 11 is 3.50. The predicted molar refractivity (Wildman–Crippen MR) is 86.5 cm³/mol. The van der Waals surface area contributed by atoms with Gasteiger partial charge in [-0.2, -0.15) is 0 Å². The van der Waals surface area contributed by atoms with Crippen molar-refractivity contribution < 1.29 is 0 Å². The van der Waals surface area contributed by atoms with Gasteiger partial charge in [-0.1, -0.05) is 46.3 Å². The Bertz CT molecular complexity index is 734. The van der Waals surface area contributed by atoms with Crippen LogP contribution in [0.4, 0.5) is 0 Å². The molecule has 0 fully saturated rings. The molecule has 1 unspecified atom stereocenters. The zero-order valence-corrected chi connectivity index (χ0v) is 12.5. The Hall–Kier alpha value is -1.71. The first-order valence-electron chi connectivity index (χ1n) is 6.57. The number of fused-ring (bicyclic) bond motifs is 1. The van der Waals surface area contributed by atoms with E-state index in [-0.39, 0.29) is 6.04 Å². The van der Waals surface area contributed by atoms with E-state index in [1.807, 2.05) is 30.6 Å². The molecule has 0 bridgehead atoms. The van der Waals surface area contributed by atoms with Crippen LogP contribution >= 0.6 is 15.9 Å². The number of nitrogens with zero attached hydrogens (tertiary/aromatic N) is 1. The highest BCUT2D eigenvalue weighted by Crippen LogP contribution is 2.25. The average molecular weight is 327 g/mol. The van der Waals surface area contributed by atoms with E-state index in [9.17, 15) is 0 Å². The van der Waals surface area contributed by atoms with Crippen LogP contribution in [0, 0.1) is 0 Å². The van der Waals surface area contributed by atoms with Gasteiger partial charge in [0, 0.05) is 28.3 Å². The quantitative estimate of drug-likeness (QED) is 0.781. The van der Waals surface area contributed by atoms with E-state index in [2.05, 4.69) is 51.2 Å². The summed E-state index contributed by atoms with van der Waals surface area (Å²) in [5.74, 6) is 0. The number of aromatic nitrogens is 1. The molecule has 1 heterocycles. The molecule has 0 aliphatic carbocycles. The van der Waals surface area contributed by atoms with Crippen molar-refractivity contribution in [2.24, 2.45) is 5.73 Å². The molecule has 0 aliphatic rings. The summed E-state index contributed by atoms with van der Waals surface area (Å²) < 4.78 is 1.08. The molecule has 3 heteroatoms. The van der Waals surface area contributed by atoms with Crippen molar-refractivity contribution in [1.82, 2.24) is 4.98 Å². The highest BCUT2D eigenvalue weighted by atomic mass is 79.9. The number of rotatable bonds is 3. The number of halogens is 1. The third-order valence-corrected chi connectivity index (χ3v) is 3.95. The summed E-state index contributed by atoms with van der Waals surface area (Å²) in [6, 6.07) is 16.5. The zero-order valence-electron chi connectivity index (χ0n) is 11.0. The maximum absolute atomic E-state index is 6.40. The van der Waals surface area contributed by atoms with Gasteiger partial charge in [0.25, 0.3) is 0 Å². The summed E-state index contributed by atoms with van der Waals surface area (Å²) in [6.45, 7) is 0. The van der Waals surface area contributed by atoms with E-state index in [4.69, 9.17) is 5.73 Å². The topological polar surface area (TPSA) is 38.9 Å². The number of benzene rings is 2. The van der Waals surface area contributed by atoms with Crippen molar-refractivity contribution in [3.63, 3.8) is 0 Å². The van der Waals surface area contributed by atoms with E-state index < -0.39 is 0 Å². The molecular formula is C17H15BrN2. The Morgan fingerprint density at radius 3 is 2.80 bits per heavy atom.